The zero-order chi connectivity index (χ0) is 17.9. The molecule has 0 fully saturated rings. The summed E-state index contributed by atoms with van der Waals surface area (Å²) < 4.78 is 0. The SMILES string of the molecule is C=C(C)C#N.C=C(C)C(=O)Nc1ccc(Nc2ccccc2)cc1. The summed E-state index contributed by atoms with van der Waals surface area (Å²) in [4.78, 5) is 11.5. The maximum Gasteiger partial charge on any atom is 0.250 e. The van der Waals surface area contributed by atoms with Gasteiger partial charge in [-0.2, -0.15) is 5.26 Å². The minimum absolute atomic E-state index is 0.163. The second kappa shape index (κ2) is 9.65. The Labute approximate surface area is 143 Å². The van der Waals surface area contributed by atoms with Crippen molar-refractivity contribution in [1.82, 2.24) is 0 Å². The van der Waals surface area contributed by atoms with Gasteiger partial charge in [-0.05, 0) is 50.2 Å². The Morgan fingerprint density at radius 2 is 1.38 bits per heavy atom. The summed E-state index contributed by atoms with van der Waals surface area (Å²) in [7, 11) is 0. The number of carbonyl (C=O) groups is 1. The lowest BCUT2D eigenvalue weighted by molar-refractivity contribution is -0.112. The van der Waals surface area contributed by atoms with Crippen molar-refractivity contribution >= 4 is 23.0 Å². The lowest BCUT2D eigenvalue weighted by atomic mass is 10.2. The predicted molar refractivity (Wildman–Crippen MR) is 100 cm³/mol. The molecule has 0 saturated heterocycles. The third kappa shape index (κ3) is 7.10. The van der Waals surface area contributed by atoms with Gasteiger partial charge in [-0.3, -0.25) is 4.79 Å². The molecular weight excluding hydrogens is 298 g/mol. The number of rotatable bonds is 4. The van der Waals surface area contributed by atoms with Gasteiger partial charge in [-0.25, -0.2) is 0 Å². The van der Waals surface area contributed by atoms with Gasteiger partial charge in [0.2, 0.25) is 0 Å². The molecule has 2 aromatic rings. The fourth-order valence-corrected chi connectivity index (χ4v) is 1.56. The maximum absolute atomic E-state index is 11.5. The van der Waals surface area contributed by atoms with Gasteiger partial charge in [-0.1, -0.05) is 31.4 Å². The van der Waals surface area contributed by atoms with Gasteiger partial charge in [0.05, 0.1) is 6.07 Å². The van der Waals surface area contributed by atoms with Crippen molar-refractivity contribution in [1.29, 1.82) is 5.26 Å². The number of allylic oxidation sites excluding steroid dienone is 1. The molecule has 2 rings (SSSR count). The first-order chi connectivity index (χ1) is 11.4. The van der Waals surface area contributed by atoms with Crippen molar-refractivity contribution in [2.24, 2.45) is 0 Å². The van der Waals surface area contributed by atoms with Gasteiger partial charge in [0, 0.05) is 28.2 Å². The fourth-order valence-electron chi connectivity index (χ4n) is 1.56. The van der Waals surface area contributed by atoms with Gasteiger partial charge in [-0.15, -0.1) is 0 Å². The lowest BCUT2D eigenvalue weighted by Gasteiger charge is -2.08. The second-order valence-corrected chi connectivity index (χ2v) is 5.19. The highest BCUT2D eigenvalue weighted by molar-refractivity contribution is 6.02. The Morgan fingerprint density at radius 1 is 0.917 bits per heavy atom. The molecule has 0 aliphatic heterocycles. The Morgan fingerprint density at radius 3 is 1.83 bits per heavy atom. The van der Waals surface area contributed by atoms with E-state index in [1.54, 1.807) is 13.8 Å². The van der Waals surface area contributed by atoms with Crippen LogP contribution in [0.5, 0.6) is 0 Å². The molecule has 2 aromatic carbocycles. The molecule has 24 heavy (non-hydrogen) atoms. The average molecular weight is 319 g/mol. The standard InChI is InChI=1S/C16H16N2O.C4H5N/c1-12(2)16(19)18-15-10-8-14(9-11-15)17-13-6-4-3-5-7-13;1-4(2)3-5/h3-11,17H,1H2,2H3,(H,18,19);1H2,2H3. The zero-order valence-corrected chi connectivity index (χ0v) is 14.0. The number of nitrogens with one attached hydrogen (secondary N) is 2. The number of hydrogen-bond donors (Lipinski definition) is 2. The first kappa shape index (κ1) is 18.7. The van der Waals surface area contributed by atoms with Crippen LogP contribution in [0, 0.1) is 11.3 Å². The highest BCUT2D eigenvalue weighted by atomic mass is 16.1. The quantitative estimate of drug-likeness (QED) is 0.613. The van der Waals surface area contributed by atoms with E-state index in [0.717, 1.165) is 17.1 Å². The van der Waals surface area contributed by atoms with E-state index in [1.807, 2.05) is 60.7 Å². The number of nitriles is 1. The predicted octanol–water partition coefficient (Wildman–Crippen LogP) is 5.03. The van der Waals surface area contributed by atoms with E-state index in [9.17, 15) is 4.79 Å². The number of carbonyl (C=O) groups excluding carboxylic acids is 1. The van der Waals surface area contributed by atoms with Crippen molar-refractivity contribution in [3.63, 3.8) is 0 Å². The molecule has 0 aromatic heterocycles. The van der Waals surface area contributed by atoms with Crippen LogP contribution in [0.15, 0.2) is 78.9 Å². The molecule has 4 nitrogen and oxygen atoms in total. The van der Waals surface area contributed by atoms with Crippen LogP contribution in [0.1, 0.15) is 13.8 Å². The molecule has 2 N–H and O–H groups in total. The summed E-state index contributed by atoms with van der Waals surface area (Å²) in [5.41, 5.74) is 3.81. The van der Waals surface area contributed by atoms with Gasteiger partial charge in [0.1, 0.15) is 0 Å². The van der Waals surface area contributed by atoms with Crippen LogP contribution in [0.3, 0.4) is 0 Å². The van der Waals surface area contributed by atoms with E-state index < -0.39 is 0 Å². The number of nitrogens with zero attached hydrogens (tertiary/aromatic N) is 1. The van der Waals surface area contributed by atoms with E-state index in [0.29, 0.717) is 11.1 Å². The Bertz CT molecular complexity index is 741. The molecule has 0 aliphatic carbocycles. The Kier molecular flexibility index (Phi) is 7.53. The number of para-hydroxylation sites is 1. The number of hydrogen-bond acceptors (Lipinski definition) is 3. The monoisotopic (exact) mass is 319 g/mol. The average Bonchev–Trinajstić information content (AvgIpc) is 2.58. The third-order valence-electron chi connectivity index (χ3n) is 2.78. The summed E-state index contributed by atoms with van der Waals surface area (Å²) >= 11 is 0. The van der Waals surface area contributed by atoms with Crippen molar-refractivity contribution in [3.05, 3.63) is 78.9 Å². The first-order valence-electron chi connectivity index (χ1n) is 7.37. The molecule has 1 amide bonds. The second-order valence-electron chi connectivity index (χ2n) is 5.19. The summed E-state index contributed by atoms with van der Waals surface area (Å²) in [6, 6.07) is 19.3. The van der Waals surface area contributed by atoms with Gasteiger partial charge in [0.25, 0.3) is 5.91 Å². The van der Waals surface area contributed by atoms with Crippen molar-refractivity contribution < 1.29 is 4.79 Å². The molecule has 0 heterocycles. The molecular formula is C20H21N3O. The molecule has 0 aliphatic rings. The van der Waals surface area contributed by atoms with Crippen LogP contribution in [0.25, 0.3) is 0 Å². The molecule has 0 saturated carbocycles. The maximum atomic E-state index is 11.5. The molecule has 0 unspecified atom stereocenters. The fraction of sp³-hybridized carbons (Fsp3) is 0.100. The van der Waals surface area contributed by atoms with E-state index in [2.05, 4.69) is 23.8 Å². The van der Waals surface area contributed by atoms with E-state index >= 15 is 0 Å². The Balaban J connectivity index is 0.000000505. The first-order valence-corrected chi connectivity index (χ1v) is 7.37. The molecule has 122 valence electrons. The van der Waals surface area contributed by atoms with E-state index in [4.69, 9.17) is 5.26 Å². The minimum Gasteiger partial charge on any atom is -0.356 e. The van der Waals surface area contributed by atoms with Crippen LogP contribution < -0.4 is 10.6 Å². The Hall–Kier alpha value is -3.32. The van der Waals surface area contributed by atoms with Crippen LogP contribution in [-0.4, -0.2) is 5.91 Å². The topological polar surface area (TPSA) is 64.9 Å². The summed E-state index contributed by atoms with van der Waals surface area (Å²) in [6.07, 6.45) is 0. The summed E-state index contributed by atoms with van der Waals surface area (Å²) in [6.45, 7) is 10.3. The van der Waals surface area contributed by atoms with Crippen molar-refractivity contribution in [2.75, 3.05) is 10.6 Å². The normalized spacial score (nSPS) is 8.88. The van der Waals surface area contributed by atoms with Crippen LogP contribution in [0.4, 0.5) is 17.1 Å². The number of amides is 1. The number of anilines is 3. The van der Waals surface area contributed by atoms with Crippen LogP contribution in [0.2, 0.25) is 0 Å². The molecule has 0 radical (unpaired) electrons. The largest absolute Gasteiger partial charge is 0.356 e. The van der Waals surface area contributed by atoms with Crippen LogP contribution in [-0.2, 0) is 4.79 Å². The minimum atomic E-state index is -0.163. The highest BCUT2D eigenvalue weighted by Crippen LogP contribution is 2.18. The number of benzene rings is 2. The van der Waals surface area contributed by atoms with Crippen molar-refractivity contribution in [2.45, 2.75) is 13.8 Å². The molecule has 0 atom stereocenters. The molecule has 4 heteroatoms. The zero-order valence-electron chi connectivity index (χ0n) is 14.0. The molecule has 0 bridgehead atoms. The lowest BCUT2D eigenvalue weighted by Crippen LogP contribution is -2.11. The van der Waals surface area contributed by atoms with Gasteiger partial charge >= 0.3 is 0 Å². The van der Waals surface area contributed by atoms with Crippen molar-refractivity contribution in [3.8, 4) is 6.07 Å². The third-order valence-corrected chi connectivity index (χ3v) is 2.78. The summed E-state index contributed by atoms with van der Waals surface area (Å²) in [5, 5.41) is 13.8. The summed E-state index contributed by atoms with van der Waals surface area (Å²) in [5.74, 6) is -0.163. The van der Waals surface area contributed by atoms with Crippen LogP contribution >= 0.6 is 0 Å². The van der Waals surface area contributed by atoms with E-state index in [1.165, 1.54) is 0 Å². The highest BCUT2D eigenvalue weighted by Gasteiger charge is 2.02. The van der Waals surface area contributed by atoms with E-state index in [-0.39, 0.29) is 5.91 Å². The molecule has 0 spiro atoms. The van der Waals surface area contributed by atoms with Gasteiger partial charge in [0.15, 0.2) is 0 Å². The van der Waals surface area contributed by atoms with Gasteiger partial charge < -0.3 is 10.6 Å². The smallest absolute Gasteiger partial charge is 0.250 e.